The Morgan fingerprint density at radius 2 is 1.68 bits per heavy atom. The Labute approximate surface area is 246 Å². The van der Waals surface area contributed by atoms with Gasteiger partial charge in [-0.1, -0.05) is 30.0 Å². The number of benzene rings is 2. The Morgan fingerprint density at radius 3 is 2.37 bits per heavy atom. The summed E-state index contributed by atoms with van der Waals surface area (Å²) in [4.78, 5) is 40.2. The molecular weight excluding hydrogens is 559 g/mol. The number of nitrogens with zero attached hydrogens (tertiary/aromatic N) is 2. The lowest BCUT2D eigenvalue weighted by molar-refractivity contribution is -0.152. The van der Waals surface area contributed by atoms with Crippen molar-refractivity contribution in [2.24, 2.45) is 23.2 Å². The van der Waals surface area contributed by atoms with Crippen LogP contribution in [0.1, 0.15) is 44.1 Å². The number of carbonyl (C=O) groups excluding carboxylic acids is 3. The lowest BCUT2D eigenvalue weighted by atomic mass is 9.49. The maximum absolute atomic E-state index is 13.6. The van der Waals surface area contributed by atoms with Crippen LogP contribution in [0.15, 0.2) is 59.6 Å². The minimum atomic E-state index is -0.385. The minimum absolute atomic E-state index is 0.0355. The van der Waals surface area contributed by atoms with Crippen LogP contribution in [0.25, 0.3) is 17.0 Å². The number of hydrazine groups is 1. The van der Waals surface area contributed by atoms with Crippen LogP contribution in [0.2, 0.25) is 0 Å². The molecule has 5 fully saturated rings. The van der Waals surface area contributed by atoms with Gasteiger partial charge < -0.3 is 9.88 Å². The molecule has 8 rings (SSSR count). The highest BCUT2D eigenvalue weighted by molar-refractivity contribution is 8.26. The number of amides is 3. The van der Waals surface area contributed by atoms with Crippen LogP contribution in [0.4, 0.5) is 10.1 Å². The van der Waals surface area contributed by atoms with E-state index in [-0.39, 0.29) is 35.5 Å². The Morgan fingerprint density at radius 1 is 1.02 bits per heavy atom. The molecule has 41 heavy (non-hydrogen) atoms. The maximum Gasteiger partial charge on any atom is 0.285 e. The van der Waals surface area contributed by atoms with Crippen molar-refractivity contribution in [1.82, 2.24) is 15.0 Å². The van der Waals surface area contributed by atoms with Gasteiger partial charge in [0.25, 0.3) is 5.91 Å². The average Bonchev–Trinajstić information content (AvgIpc) is 3.40. The topological polar surface area (TPSA) is 83.4 Å². The molecule has 1 saturated heterocycles. The SMILES string of the molecule is O=C(Cn1cc(/C=C2\SC(=S)N(NC(=O)C34CC5CC(CC(C5)C3)C4)C2=O)c2ccccc21)Nc1ccc(F)cc1. The first-order valence-electron chi connectivity index (χ1n) is 14.0. The fraction of sp³-hybridized carbons (Fsp3) is 0.355. The molecule has 0 spiro atoms. The molecule has 5 aliphatic rings. The van der Waals surface area contributed by atoms with Gasteiger partial charge in [-0.25, -0.2) is 4.39 Å². The third kappa shape index (κ3) is 4.86. The van der Waals surface area contributed by atoms with Crippen molar-refractivity contribution in [2.75, 3.05) is 5.32 Å². The molecule has 3 aromatic rings. The largest absolute Gasteiger partial charge is 0.337 e. The van der Waals surface area contributed by atoms with Gasteiger partial charge in [-0.05, 0) is 105 Å². The van der Waals surface area contributed by atoms with Crippen LogP contribution >= 0.6 is 24.0 Å². The minimum Gasteiger partial charge on any atom is -0.337 e. The van der Waals surface area contributed by atoms with Gasteiger partial charge in [0.2, 0.25) is 11.8 Å². The smallest absolute Gasteiger partial charge is 0.285 e. The van der Waals surface area contributed by atoms with Crippen LogP contribution in [0.3, 0.4) is 0 Å². The number of fused-ring (bicyclic) bond motifs is 1. The Kier molecular flexibility index (Phi) is 6.50. The summed E-state index contributed by atoms with van der Waals surface area (Å²) in [5.41, 5.74) is 4.63. The zero-order valence-corrected chi connectivity index (χ0v) is 23.9. The van der Waals surface area contributed by atoms with Crippen molar-refractivity contribution in [3.8, 4) is 0 Å². The fourth-order valence-electron chi connectivity index (χ4n) is 7.72. The summed E-state index contributed by atoms with van der Waals surface area (Å²) in [5.74, 6) is 0.806. The Hall–Kier alpha value is -3.50. The van der Waals surface area contributed by atoms with E-state index in [0.717, 1.165) is 35.7 Å². The summed E-state index contributed by atoms with van der Waals surface area (Å²) in [7, 11) is 0. The van der Waals surface area contributed by atoms with E-state index in [1.165, 1.54) is 60.3 Å². The van der Waals surface area contributed by atoms with Crippen molar-refractivity contribution in [3.63, 3.8) is 0 Å². The molecule has 2 heterocycles. The summed E-state index contributed by atoms with van der Waals surface area (Å²) in [5, 5.41) is 4.90. The van der Waals surface area contributed by atoms with E-state index in [1.807, 2.05) is 35.0 Å². The predicted molar refractivity (Wildman–Crippen MR) is 161 cm³/mol. The van der Waals surface area contributed by atoms with Crippen molar-refractivity contribution in [3.05, 3.63) is 71.0 Å². The summed E-state index contributed by atoms with van der Waals surface area (Å²) in [6.07, 6.45) is 10.0. The quantitative estimate of drug-likeness (QED) is 0.278. The number of thiocarbonyl (C=S) groups is 1. The zero-order valence-electron chi connectivity index (χ0n) is 22.3. The molecule has 0 unspecified atom stereocenters. The average molecular weight is 589 g/mol. The molecule has 210 valence electrons. The van der Waals surface area contributed by atoms with E-state index in [9.17, 15) is 18.8 Å². The summed E-state index contributed by atoms with van der Waals surface area (Å²) < 4.78 is 15.3. The lowest BCUT2D eigenvalue weighted by Crippen LogP contribution is -2.57. The predicted octanol–water partition coefficient (Wildman–Crippen LogP) is 5.87. The number of para-hydroxylation sites is 1. The normalized spacial score (nSPS) is 27.7. The van der Waals surface area contributed by atoms with Gasteiger partial charge >= 0.3 is 0 Å². The second kappa shape index (κ2) is 10.1. The molecule has 1 aromatic heterocycles. The van der Waals surface area contributed by atoms with Crippen LogP contribution < -0.4 is 10.7 Å². The van der Waals surface area contributed by atoms with Crippen molar-refractivity contribution >= 4 is 68.7 Å². The number of carbonyl (C=O) groups is 3. The highest BCUT2D eigenvalue weighted by Gasteiger charge is 2.55. The van der Waals surface area contributed by atoms with E-state index < -0.39 is 0 Å². The van der Waals surface area contributed by atoms with Crippen LogP contribution in [0, 0.1) is 29.0 Å². The number of halogens is 1. The number of hydrogen-bond acceptors (Lipinski definition) is 5. The Balaban J connectivity index is 1.09. The van der Waals surface area contributed by atoms with Crippen LogP contribution in [-0.2, 0) is 20.9 Å². The van der Waals surface area contributed by atoms with Gasteiger partial charge in [-0.15, -0.1) is 0 Å². The standard InChI is InChI=1S/C31H29FN4O3S2/c32-22-5-7-23(8-6-22)33-27(37)17-35-16-21(24-3-1-2-4-25(24)35)12-26-28(38)36(30(40)41-26)34-29(39)31-13-18-9-19(14-31)11-20(10-18)15-31/h1-8,12,16,18-20H,9-11,13-15,17H2,(H,33,37)(H,34,39)/b26-12-. The molecule has 4 saturated carbocycles. The molecule has 2 N–H and O–H groups in total. The molecular formula is C31H29FN4O3S2. The molecule has 4 aliphatic carbocycles. The third-order valence-corrected chi connectivity index (χ3v) is 10.4. The molecule has 2 aromatic carbocycles. The van der Waals surface area contributed by atoms with E-state index in [4.69, 9.17) is 12.2 Å². The molecule has 3 amide bonds. The molecule has 7 nitrogen and oxygen atoms in total. The lowest BCUT2D eigenvalue weighted by Gasteiger charge is -2.55. The number of thioether (sulfide) groups is 1. The van der Waals surface area contributed by atoms with E-state index in [2.05, 4.69) is 10.7 Å². The molecule has 0 radical (unpaired) electrons. The first kappa shape index (κ1) is 26.4. The summed E-state index contributed by atoms with van der Waals surface area (Å²) in [6, 6.07) is 13.2. The molecule has 10 heteroatoms. The number of nitrogens with one attached hydrogen (secondary N) is 2. The van der Waals surface area contributed by atoms with Gasteiger partial charge in [-0.2, -0.15) is 5.01 Å². The number of hydrogen-bond donors (Lipinski definition) is 2. The van der Waals surface area contributed by atoms with Gasteiger partial charge in [0.1, 0.15) is 12.4 Å². The van der Waals surface area contributed by atoms with Crippen LogP contribution in [0.5, 0.6) is 0 Å². The summed E-state index contributed by atoms with van der Waals surface area (Å²) in [6.45, 7) is 0.0355. The second-order valence-electron chi connectivity index (χ2n) is 11.9. The van der Waals surface area contributed by atoms with E-state index >= 15 is 0 Å². The maximum atomic E-state index is 13.6. The highest BCUT2D eigenvalue weighted by Crippen LogP contribution is 2.60. The van der Waals surface area contributed by atoms with Gasteiger partial charge in [0.15, 0.2) is 4.32 Å². The fourth-order valence-corrected chi connectivity index (χ4v) is 8.89. The summed E-state index contributed by atoms with van der Waals surface area (Å²) >= 11 is 6.70. The first-order valence-corrected chi connectivity index (χ1v) is 15.2. The van der Waals surface area contributed by atoms with Crippen molar-refractivity contribution in [2.45, 2.75) is 45.1 Å². The third-order valence-electron chi connectivity index (χ3n) is 9.07. The second-order valence-corrected chi connectivity index (χ2v) is 13.6. The van der Waals surface area contributed by atoms with E-state index in [1.54, 1.807) is 6.08 Å². The highest BCUT2D eigenvalue weighted by atomic mass is 32.2. The number of aromatic nitrogens is 1. The van der Waals surface area contributed by atoms with Gasteiger partial charge in [-0.3, -0.25) is 19.8 Å². The molecule has 4 bridgehead atoms. The van der Waals surface area contributed by atoms with Crippen molar-refractivity contribution < 1.29 is 18.8 Å². The van der Waals surface area contributed by atoms with Crippen LogP contribution in [-0.4, -0.2) is 31.6 Å². The molecule has 1 aliphatic heterocycles. The number of anilines is 1. The van der Waals surface area contributed by atoms with E-state index in [0.29, 0.717) is 32.7 Å². The first-order chi connectivity index (χ1) is 19.8. The van der Waals surface area contributed by atoms with Crippen molar-refractivity contribution in [1.29, 1.82) is 0 Å². The van der Waals surface area contributed by atoms with Gasteiger partial charge in [0.05, 0.1) is 10.3 Å². The monoisotopic (exact) mass is 588 g/mol. The number of rotatable bonds is 6. The molecule has 0 atom stereocenters. The Bertz CT molecular complexity index is 1590. The van der Waals surface area contributed by atoms with Gasteiger partial charge in [0, 0.05) is 28.4 Å². The zero-order chi connectivity index (χ0) is 28.3.